The Morgan fingerprint density at radius 2 is 2.00 bits per heavy atom. The van der Waals surface area contributed by atoms with Crippen LogP contribution >= 0.6 is 0 Å². The van der Waals surface area contributed by atoms with E-state index < -0.39 is 11.2 Å². The van der Waals surface area contributed by atoms with Crippen LogP contribution in [0.15, 0.2) is 9.59 Å². The lowest BCUT2D eigenvalue weighted by atomic mass is 9.86. The molecule has 0 spiro atoms. The van der Waals surface area contributed by atoms with Crippen molar-refractivity contribution in [2.45, 2.75) is 31.7 Å². The molecule has 19 heavy (non-hydrogen) atoms. The van der Waals surface area contributed by atoms with Gasteiger partial charge in [0.2, 0.25) is 5.82 Å². The van der Waals surface area contributed by atoms with Gasteiger partial charge in [0.15, 0.2) is 0 Å². The lowest BCUT2D eigenvalue weighted by molar-refractivity contribution is -0.146. The molecular weight excluding hydrogens is 252 g/mol. The zero-order chi connectivity index (χ0) is 13.8. The third-order valence-electron chi connectivity index (χ3n) is 3.31. The molecule has 1 aliphatic rings. The molecule has 0 aliphatic heterocycles. The highest BCUT2D eigenvalue weighted by Crippen LogP contribution is 2.26. The smallest absolute Gasteiger partial charge is 0.342 e. The zero-order valence-electron chi connectivity index (χ0n) is 10.6. The number of hydrogen-bond donors (Lipinski definition) is 3. The number of nitrogens with one attached hydrogen (secondary N) is 3. The number of carbonyl (C=O) groups excluding carboxylic acids is 1. The highest BCUT2D eigenvalue weighted by atomic mass is 16.5. The van der Waals surface area contributed by atoms with E-state index in [-0.39, 0.29) is 23.7 Å². The maximum atomic E-state index is 11.5. The minimum absolute atomic E-state index is 0.0649. The first-order valence-corrected chi connectivity index (χ1v) is 6.13. The summed E-state index contributed by atoms with van der Waals surface area (Å²) < 4.78 is 4.71. The van der Waals surface area contributed by atoms with E-state index in [4.69, 9.17) is 4.74 Å². The SMILES string of the molecule is COC(=O)C1CCC(Nc2n[nH]c(=O)[nH]c2=O)CC1. The van der Waals surface area contributed by atoms with Gasteiger partial charge in [0.25, 0.3) is 5.56 Å². The van der Waals surface area contributed by atoms with Crippen LogP contribution in [-0.4, -0.2) is 34.3 Å². The Morgan fingerprint density at radius 3 is 2.58 bits per heavy atom. The van der Waals surface area contributed by atoms with Gasteiger partial charge in [0, 0.05) is 6.04 Å². The summed E-state index contributed by atoms with van der Waals surface area (Å²) in [6.45, 7) is 0. The summed E-state index contributed by atoms with van der Waals surface area (Å²) in [7, 11) is 1.39. The van der Waals surface area contributed by atoms with Crippen molar-refractivity contribution < 1.29 is 9.53 Å². The van der Waals surface area contributed by atoms with Crippen molar-refractivity contribution in [1.82, 2.24) is 15.2 Å². The maximum Gasteiger partial charge on any atom is 0.342 e. The lowest BCUT2D eigenvalue weighted by Gasteiger charge is -2.27. The summed E-state index contributed by atoms with van der Waals surface area (Å²) in [5, 5.41) is 8.80. The molecule has 0 saturated heterocycles. The van der Waals surface area contributed by atoms with Gasteiger partial charge in [-0.15, -0.1) is 5.10 Å². The van der Waals surface area contributed by atoms with E-state index in [0.29, 0.717) is 12.8 Å². The molecule has 0 unspecified atom stereocenters. The second kappa shape index (κ2) is 5.68. The van der Waals surface area contributed by atoms with Gasteiger partial charge in [0.05, 0.1) is 13.0 Å². The Bertz CT molecular complexity index is 556. The molecule has 0 amide bonds. The predicted molar refractivity (Wildman–Crippen MR) is 66.9 cm³/mol. The summed E-state index contributed by atoms with van der Waals surface area (Å²) in [4.78, 5) is 35.8. The highest BCUT2D eigenvalue weighted by molar-refractivity contribution is 5.72. The van der Waals surface area contributed by atoms with E-state index in [1.165, 1.54) is 7.11 Å². The van der Waals surface area contributed by atoms with Crippen LogP contribution in [0, 0.1) is 5.92 Å². The fourth-order valence-electron chi connectivity index (χ4n) is 2.28. The number of aromatic nitrogens is 3. The van der Waals surface area contributed by atoms with Crippen molar-refractivity contribution in [3.8, 4) is 0 Å². The molecule has 3 N–H and O–H groups in total. The Hall–Kier alpha value is -2.12. The number of carbonyl (C=O) groups is 1. The minimum Gasteiger partial charge on any atom is -0.469 e. The first-order chi connectivity index (χ1) is 9.10. The van der Waals surface area contributed by atoms with Gasteiger partial charge in [0.1, 0.15) is 0 Å². The maximum absolute atomic E-state index is 11.5. The van der Waals surface area contributed by atoms with Crippen LogP contribution < -0.4 is 16.6 Å². The van der Waals surface area contributed by atoms with Crippen LogP contribution in [0.3, 0.4) is 0 Å². The number of methoxy groups -OCH3 is 1. The molecular formula is C11H16N4O4. The van der Waals surface area contributed by atoms with Gasteiger partial charge in [-0.2, -0.15) is 0 Å². The lowest BCUT2D eigenvalue weighted by Crippen LogP contribution is -2.34. The molecule has 0 radical (unpaired) electrons. The third kappa shape index (κ3) is 3.21. The van der Waals surface area contributed by atoms with Gasteiger partial charge < -0.3 is 10.1 Å². The molecule has 0 bridgehead atoms. The Balaban J connectivity index is 1.94. The van der Waals surface area contributed by atoms with Crippen molar-refractivity contribution in [2.75, 3.05) is 12.4 Å². The molecule has 1 aromatic heterocycles. The van der Waals surface area contributed by atoms with Crippen LogP contribution in [0.25, 0.3) is 0 Å². The second-order valence-corrected chi connectivity index (χ2v) is 4.57. The summed E-state index contributed by atoms with van der Waals surface area (Å²) in [5.41, 5.74) is -1.18. The molecule has 104 valence electrons. The zero-order valence-corrected chi connectivity index (χ0v) is 10.6. The molecule has 1 heterocycles. The van der Waals surface area contributed by atoms with Crippen molar-refractivity contribution in [3.05, 3.63) is 20.8 Å². The molecule has 1 saturated carbocycles. The van der Waals surface area contributed by atoms with E-state index in [2.05, 4.69) is 20.5 Å². The number of hydrogen-bond acceptors (Lipinski definition) is 6. The average Bonchev–Trinajstić information content (AvgIpc) is 2.42. The van der Waals surface area contributed by atoms with Crippen LogP contribution in [-0.2, 0) is 9.53 Å². The number of rotatable bonds is 3. The number of esters is 1. The molecule has 2 rings (SSSR count). The summed E-state index contributed by atoms with van der Waals surface area (Å²) >= 11 is 0. The first-order valence-electron chi connectivity index (χ1n) is 6.13. The van der Waals surface area contributed by atoms with Crippen LogP contribution in [0.4, 0.5) is 5.82 Å². The van der Waals surface area contributed by atoms with Crippen LogP contribution in [0.2, 0.25) is 0 Å². The fraction of sp³-hybridized carbons (Fsp3) is 0.636. The normalized spacial score (nSPS) is 22.8. The van der Waals surface area contributed by atoms with Crippen molar-refractivity contribution >= 4 is 11.8 Å². The quantitative estimate of drug-likeness (QED) is 0.642. The van der Waals surface area contributed by atoms with E-state index in [9.17, 15) is 14.4 Å². The summed E-state index contributed by atoms with van der Waals surface area (Å²) in [6.07, 6.45) is 2.93. The topological polar surface area (TPSA) is 117 Å². The van der Waals surface area contributed by atoms with E-state index in [1.54, 1.807) is 0 Å². The second-order valence-electron chi connectivity index (χ2n) is 4.57. The van der Waals surface area contributed by atoms with Gasteiger partial charge in [-0.3, -0.25) is 14.6 Å². The summed E-state index contributed by atoms with van der Waals surface area (Å²) in [6, 6.07) is 0.0698. The number of ether oxygens (including phenoxy) is 1. The Morgan fingerprint density at radius 1 is 1.32 bits per heavy atom. The Kier molecular flexibility index (Phi) is 3.98. The predicted octanol–water partition coefficient (Wildman–Crippen LogP) is -0.398. The van der Waals surface area contributed by atoms with Crippen LogP contribution in [0.5, 0.6) is 0 Å². The number of anilines is 1. The minimum atomic E-state index is -0.634. The van der Waals surface area contributed by atoms with Gasteiger partial charge in [-0.1, -0.05) is 0 Å². The van der Waals surface area contributed by atoms with Gasteiger partial charge in [-0.25, -0.2) is 9.89 Å². The first kappa shape index (κ1) is 13.3. The highest BCUT2D eigenvalue weighted by Gasteiger charge is 2.27. The molecule has 8 heteroatoms. The number of aromatic amines is 2. The fourth-order valence-corrected chi connectivity index (χ4v) is 2.28. The molecule has 1 fully saturated rings. The molecule has 0 atom stereocenters. The van der Waals surface area contributed by atoms with Crippen molar-refractivity contribution in [1.29, 1.82) is 0 Å². The standard InChI is InChI=1S/C11H16N4O4/c1-19-10(17)6-2-4-7(5-3-6)12-8-9(16)13-11(18)15-14-8/h6-7H,2-5H2,1H3,(H,12,14)(H2,13,15,16,18). The molecule has 8 nitrogen and oxygen atoms in total. The summed E-state index contributed by atoms with van der Waals surface area (Å²) in [5.74, 6) is -0.149. The van der Waals surface area contributed by atoms with Gasteiger partial charge >= 0.3 is 11.7 Å². The van der Waals surface area contributed by atoms with Crippen molar-refractivity contribution in [2.24, 2.45) is 5.92 Å². The van der Waals surface area contributed by atoms with Crippen molar-refractivity contribution in [3.63, 3.8) is 0 Å². The van der Waals surface area contributed by atoms with E-state index >= 15 is 0 Å². The monoisotopic (exact) mass is 268 g/mol. The molecule has 1 aromatic rings. The number of H-pyrrole nitrogens is 2. The molecule has 1 aliphatic carbocycles. The van der Waals surface area contributed by atoms with E-state index in [1.807, 2.05) is 0 Å². The third-order valence-corrected chi connectivity index (χ3v) is 3.31. The largest absolute Gasteiger partial charge is 0.469 e. The Labute approximate surface area is 108 Å². The average molecular weight is 268 g/mol. The van der Waals surface area contributed by atoms with E-state index in [0.717, 1.165) is 12.8 Å². The van der Waals surface area contributed by atoms with Gasteiger partial charge in [-0.05, 0) is 25.7 Å². The number of nitrogens with zero attached hydrogens (tertiary/aromatic N) is 1. The van der Waals surface area contributed by atoms with Crippen LogP contribution in [0.1, 0.15) is 25.7 Å². The molecule has 0 aromatic carbocycles.